The van der Waals surface area contributed by atoms with Crippen LogP contribution in [0.1, 0.15) is 76.1 Å². The van der Waals surface area contributed by atoms with Crippen molar-refractivity contribution in [3.63, 3.8) is 0 Å². The highest BCUT2D eigenvalue weighted by atomic mass is 16.5. The number of fused-ring (bicyclic) bond motifs is 9. The van der Waals surface area contributed by atoms with Crippen molar-refractivity contribution in [3.8, 4) is 0 Å². The number of hydrogen-bond acceptors (Lipinski definition) is 2. The summed E-state index contributed by atoms with van der Waals surface area (Å²) in [6.07, 6.45) is 13.1. The molecule has 2 aromatic heterocycles. The number of nitrogens with zero attached hydrogens (tertiary/aromatic N) is 1. The molecule has 0 bridgehead atoms. The molecule has 6 atom stereocenters. The molecule has 2 aromatic rings. The third-order valence-electron chi connectivity index (χ3n) is 9.96. The smallest absolute Gasteiger partial charge is 0.302 e. The average molecular weight is 418 g/mol. The molecule has 2 fully saturated rings. The van der Waals surface area contributed by atoms with E-state index >= 15 is 0 Å². The molecule has 0 spiro atoms. The second kappa shape index (κ2) is 6.49. The normalized spacial score (nSPS) is 38.6. The second-order valence-electron chi connectivity index (χ2n) is 11.3. The summed E-state index contributed by atoms with van der Waals surface area (Å²) in [6.45, 7) is 9.00. The Hall–Kier alpha value is -2.03. The lowest BCUT2D eigenvalue weighted by Crippen LogP contribution is -2.51. The van der Waals surface area contributed by atoms with Gasteiger partial charge in [-0.25, -0.2) is 0 Å². The Kier molecular flexibility index (Phi) is 4.11. The first-order valence-electron chi connectivity index (χ1n) is 12.3. The van der Waals surface area contributed by atoms with Crippen molar-refractivity contribution in [2.24, 2.45) is 23.2 Å². The number of carbonyl (C=O) groups excluding carboxylic acids is 1. The lowest BCUT2D eigenvalue weighted by molar-refractivity contribution is -0.148. The van der Waals surface area contributed by atoms with E-state index < -0.39 is 0 Å². The Morgan fingerprint density at radius 1 is 1.10 bits per heavy atom. The Morgan fingerprint density at radius 2 is 1.90 bits per heavy atom. The average Bonchev–Trinajstić information content (AvgIpc) is 3.21. The highest BCUT2D eigenvalue weighted by molar-refractivity contribution is 5.66. The van der Waals surface area contributed by atoms with Crippen molar-refractivity contribution in [1.29, 1.82) is 0 Å². The van der Waals surface area contributed by atoms with Crippen LogP contribution in [0.2, 0.25) is 0 Å². The largest absolute Gasteiger partial charge is 0.462 e. The highest BCUT2D eigenvalue weighted by Gasteiger charge is 2.58. The van der Waals surface area contributed by atoms with Crippen LogP contribution in [0.5, 0.6) is 0 Å². The molecule has 0 unspecified atom stereocenters. The van der Waals surface area contributed by atoms with Crippen LogP contribution in [0.15, 0.2) is 36.0 Å². The van der Waals surface area contributed by atoms with E-state index in [0.717, 1.165) is 37.0 Å². The number of ether oxygens (including phenoxy) is 1. The fourth-order valence-electron chi connectivity index (χ4n) is 8.59. The van der Waals surface area contributed by atoms with Gasteiger partial charge in [0.15, 0.2) is 0 Å². The van der Waals surface area contributed by atoms with Gasteiger partial charge in [0, 0.05) is 30.8 Å². The Balaban J connectivity index is 1.36. The minimum Gasteiger partial charge on any atom is -0.462 e. The lowest BCUT2D eigenvalue weighted by atomic mass is 9.47. The lowest BCUT2D eigenvalue weighted by Gasteiger charge is -2.57. The minimum atomic E-state index is -0.132. The Morgan fingerprint density at radius 3 is 2.71 bits per heavy atom. The maximum Gasteiger partial charge on any atom is 0.302 e. The maximum atomic E-state index is 11.5. The van der Waals surface area contributed by atoms with Crippen LogP contribution in [-0.4, -0.2) is 16.5 Å². The van der Waals surface area contributed by atoms with E-state index in [1.54, 1.807) is 23.8 Å². The summed E-state index contributed by atoms with van der Waals surface area (Å²) in [7, 11) is 0. The van der Waals surface area contributed by atoms with Gasteiger partial charge in [0.2, 0.25) is 0 Å². The van der Waals surface area contributed by atoms with E-state index in [9.17, 15) is 4.79 Å². The number of rotatable bonds is 1. The first-order chi connectivity index (χ1) is 14.8. The van der Waals surface area contributed by atoms with Crippen LogP contribution >= 0.6 is 0 Å². The van der Waals surface area contributed by atoms with E-state index in [4.69, 9.17) is 4.74 Å². The molecule has 0 N–H and O–H groups in total. The first-order valence-corrected chi connectivity index (χ1v) is 12.3. The molecule has 3 heteroatoms. The van der Waals surface area contributed by atoms with Gasteiger partial charge in [-0.2, -0.15) is 0 Å². The van der Waals surface area contributed by atoms with E-state index in [-0.39, 0.29) is 17.5 Å². The summed E-state index contributed by atoms with van der Waals surface area (Å²) in [6, 6.07) is 6.64. The molecule has 31 heavy (non-hydrogen) atoms. The summed E-state index contributed by atoms with van der Waals surface area (Å²) < 4.78 is 8.10. The number of esters is 1. The first kappa shape index (κ1) is 19.6. The van der Waals surface area contributed by atoms with Crippen molar-refractivity contribution in [2.75, 3.05) is 0 Å². The van der Waals surface area contributed by atoms with Crippen molar-refractivity contribution in [3.05, 3.63) is 52.9 Å². The molecule has 6 rings (SSSR count). The van der Waals surface area contributed by atoms with E-state index in [1.165, 1.54) is 36.8 Å². The SMILES string of the molecule is CC(=O)O[C@H]1CC[C@@]2(C)C(=CC[C@@H]3[C@@H]2CC[C@]2(C)c4c(C)c5ccccn5c4C[C@@H]32)C1. The molecule has 4 aliphatic carbocycles. The predicted molar refractivity (Wildman–Crippen MR) is 123 cm³/mol. The molecule has 0 radical (unpaired) electrons. The fraction of sp³-hybridized carbons (Fsp3) is 0.607. The van der Waals surface area contributed by atoms with Crippen molar-refractivity contribution in [2.45, 2.75) is 84.2 Å². The number of aryl methyl sites for hydroxylation is 1. The molecule has 2 heterocycles. The third kappa shape index (κ3) is 2.55. The monoisotopic (exact) mass is 417 g/mol. The van der Waals surface area contributed by atoms with E-state index in [2.05, 4.69) is 55.6 Å². The number of aromatic nitrogens is 1. The van der Waals surface area contributed by atoms with Gasteiger partial charge in [-0.1, -0.05) is 31.6 Å². The molecular formula is C28H35NO2. The Labute approximate surface area is 185 Å². The molecule has 0 aromatic carbocycles. The molecule has 0 aliphatic heterocycles. The molecule has 164 valence electrons. The second-order valence-corrected chi connectivity index (χ2v) is 11.3. The minimum absolute atomic E-state index is 0.0873. The van der Waals surface area contributed by atoms with Gasteiger partial charge in [-0.05, 0) is 97.3 Å². The standard InChI is InChI=1S/C28H35NO2/c1-17-24-7-5-6-14-29(24)25-16-23-21-9-8-19-15-20(31-18(2)30)10-12-27(19,3)22(21)11-13-28(23,4)26(17)25/h5-8,14,20-23H,9-13,15-16H2,1-4H3/t20-,21+,22-,23-,27-,28-/m0/s1. The molecule has 2 saturated carbocycles. The number of allylic oxidation sites excluding steroid dienone is 1. The van der Waals surface area contributed by atoms with E-state index in [0.29, 0.717) is 5.41 Å². The summed E-state index contributed by atoms with van der Waals surface area (Å²) >= 11 is 0. The molecular weight excluding hydrogens is 382 g/mol. The van der Waals surface area contributed by atoms with Gasteiger partial charge in [-0.3, -0.25) is 4.79 Å². The van der Waals surface area contributed by atoms with Crippen molar-refractivity contribution < 1.29 is 9.53 Å². The number of carbonyl (C=O) groups is 1. The Bertz CT molecular complexity index is 1110. The van der Waals surface area contributed by atoms with Crippen LogP contribution in [0, 0.1) is 30.1 Å². The molecule has 0 amide bonds. The van der Waals surface area contributed by atoms with Crippen LogP contribution < -0.4 is 0 Å². The summed E-state index contributed by atoms with van der Waals surface area (Å²) in [5, 5.41) is 0. The van der Waals surface area contributed by atoms with Crippen LogP contribution in [-0.2, 0) is 21.4 Å². The van der Waals surface area contributed by atoms with Crippen molar-refractivity contribution in [1.82, 2.24) is 4.40 Å². The van der Waals surface area contributed by atoms with Gasteiger partial charge in [0.25, 0.3) is 0 Å². The molecule has 4 aliphatic rings. The van der Waals surface area contributed by atoms with Gasteiger partial charge < -0.3 is 9.14 Å². The molecule has 3 nitrogen and oxygen atoms in total. The summed E-state index contributed by atoms with van der Waals surface area (Å²) in [4.78, 5) is 11.5. The van der Waals surface area contributed by atoms with Gasteiger partial charge >= 0.3 is 5.97 Å². The zero-order chi connectivity index (χ0) is 21.5. The van der Waals surface area contributed by atoms with Gasteiger partial charge in [0.1, 0.15) is 6.10 Å². The van der Waals surface area contributed by atoms with Gasteiger partial charge in [-0.15, -0.1) is 0 Å². The number of hydrogen-bond donors (Lipinski definition) is 0. The predicted octanol–water partition coefficient (Wildman–Crippen LogP) is 6.16. The maximum absolute atomic E-state index is 11.5. The number of pyridine rings is 1. The van der Waals surface area contributed by atoms with Crippen LogP contribution in [0.25, 0.3) is 5.52 Å². The zero-order valence-electron chi connectivity index (χ0n) is 19.4. The topological polar surface area (TPSA) is 30.7 Å². The zero-order valence-corrected chi connectivity index (χ0v) is 19.4. The van der Waals surface area contributed by atoms with Gasteiger partial charge in [0.05, 0.1) is 0 Å². The molecule has 0 saturated heterocycles. The quantitative estimate of drug-likeness (QED) is 0.411. The van der Waals surface area contributed by atoms with Crippen LogP contribution in [0.4, 0.5) is 0 Å². The fourth-order valence-corrected chi connectivity index (χ4v) is 8.59. The van der Waals surface area contributed by atoms with Crippen LogP contribution in [0.3, 0.4) is 0 Å². The summed E-state index contributed by atoms with van der Waals surface area (Å²) in [5.74, 6) is 2.15. The highest BCUT2D eigenvalue weighted by Crippen LogP contribution is 2.65. The van der Waals surface area contributed by atoms with Crippen molar-refractivity contribution >= 4 is 11.5 Å². The van der Waals surface area contributed by atoms with E-state index in [1.807, 2.05) is 0 Å². The third-order valence-corrected chi connectivity index (χ3v) is 9.96. The summed E-state index contributed by atoms with van der Waals surface area (Å²) in [5.41, 5.74) is 8.34.